The van der Waals surface area contributed by atoms with Gasteiger partial charge >= 0.3 is 5.97 Å². The lowest BCUT2D eigenvalue weighted by molar-refractivity contribution is -0.139. The smallest absolute Gasteiger partial charge is 0.350 e. The summed E-state index contributed by atoms with van der Waals surface area (Å²) in [4.78, 5) is 11.9. The minimum absolute atomic E-state index is 0.0880. The van der Waals surface area contributed by atoms with Crippen molar-refractivity contribution in [3.05, 3.63) is 77.4 Å². The quantitative estimate of drug-likeness (QED) is 0.779. The zero-order valence-corrected chi connectivity index (χ0v) is 10.6. The van der Waals surface area contributed by atoms with Crippen LogP contribution in [0.1, 0.15) is 17.2 Å². The molecule has 3 rings (SSSR count). The van der Waals surface area contributed by atoms with Gasteiger partial charge < -0.3 is 4.74 Å². The zero-order valence-electron chi connectivity index (χ0n) is 10.6. The fraction of sp³-hybridized carbons (Fsp3) is 0.0588. The lowest BCUT2D eigenvalue weighted by atomic mass is 9.93. The van der Waals surface area contributed by atoms with E-state index < -0.39 is 12.1 Å². The van der Waals surface area contributed by atoms with Gasteiger partial charge in [0.2, 0.25) is 0 Å². The van der Waals surface area contributed by atoms with Crippen LogP contribution in [0.15, 0.2) is 66.2 Å². The van der Waals surface area contributed by atoms with E-state index >= 15 is 0 Å². The standard InChI is InChI=1S/C17H11NO2/c18-11-14-15(12-7-3-1-4-8-12)16(20-17(14)19)13-9-5-2-6-10-13/h1-10,16H/t16-/m0/s1. The van der Waals surface area contributed by atoms with E-state index in [1.807, 2.05) is 66.7 Å². The van der Waals surface area contributed by atoms with E-state index in [9.17, 15) is 10.1 Å². The van der Waals surface area contributed by atoms with E-state index in [1.54, 1.807) is 0 Å². The molecule has 2 aromatic rings. The molecule has 3 nitrogen and oxygen atoms in total. The summed E-state index contributed by atoms with van der Waals surface area (Å²) in [5, 5.41) is 9.22. The molecule has 0 bridgehead atoms. The number of ether oxygens (including phenoxy) is 1. The number of benzene rings is 2. The molecule has 1 aliphatic rings. The molecule has 0 saturated heterocycles. The molecule has 20 heavy (non-hydrogen) atoms. The summed E-state index contributed by atoms with van der Waals surface area (Å²) in [6.45, 7) is 0. The minimum Gasteiger partial charge on any atom is -0.448 e. The van der Waals surface area contributed by atoms with E-state index in [4.69, 9.17) is 4.74 Å². The summed E-state index contributed by atoms with van der Waals surface area (Å²) in [5.74, 6) is -0.555. The minimum atomic E-state index is -0.555. The van der Waals surface area contributed by atoms with Gasteiger partial charge in [-0.1, -0.05) is 60.7 Å². The van der Waals surface area contributed by atoms with Gasteiger partial charge in [0.25, 0.3) is 0 Å². The predicted octanol–water partition coefficient (Wildman–Crippen LogP) is 3.26. The number of rotatable bonds is 2. The highest BCUT2D eigenvalue weighted by Gasteiger charge is 2.35. The van der Waals surface area contributed by atoms with Crippen LogP contribution in [0.4, 0.5) is 0 Å². The van der Waals surface area contributed by atoms with E-state index in [0.717, 1.165) is 11.1 Å². The van der Waals surface area contributed by atoms with Crippen molar-refractivity contribution in [2.45, 2.75) is 6.10 Å². The maximum Gasteiger partial charge on any atom is 0.350 e. The van der Waals surface area contributed by atoms with Crippen molar-refractivity contribution in [3.63, 3.8) is 0 Å². The van der Waals surface area contributed by atoms with Crippen molar-refractivity contribution in [2.75, 3.05) is 0 Å². The molecule has 0 unspecified atom stereocenters. The third kappa shape index (κ3) is 1.98. The fourth-order valence-electron chi connectivity index (χ4n) is 2.35. The summed E-state index contributed by atoms with van der Waals surface area (Å²) in [6, 6.07) is 20.8. The van der Waals surface area contributed by atoms with E-state index in [0.29, 0.717) is 5.57 Å². The predicted molar refractivity (Wildman–Crippen MR) is 74.3 cm³/mol. The number of hydrogen-bond donors (Lipinski definition) is 0. The second kappa shape index (κ2) is 5.02. The van der Waals surface area contributed by atoms with Crippen LogP contribution < -0.4 is 0 Å². The first-order chi connectivity index (χ1) is 9.81. The molecule has 1 atom stereocenters. The average molecular weight is 261 g/mol. The zero-order chi connectivity index (χ0) is 13.9. The molecule has 0 aromatic heterocycles. The molecule has 1 aliphatic heterocycles. The Bertz CT molecular complexity index is 712. The van der Waals surface area contributed by atoms with Crippen LogP contribution in [0, 0.1) is 11.3 Å². The molecule has 0 saturated carbocycles. The van der Waals surface area contributed by atoms with Crippen LogP contribution in [0.3, 0.4) is 0 Å². The second-order valence-corrected chi connectivity index (χ2v) is 4.46. The Morgan fingerprint density at radius 2 is 1.55 bits per heavy atom. The highest BCUT2D eigenvalue weighted by molar-refractivity contribution is 6.06. The van der Waals surface area contributed by atoms with Gasteiger partial charge in [0.1, 0.15) is 11.6 Å². The van der Waals surface area contributed by atoms with Gasteiger partial charge in [-0.3, -0.25) is 0 Å². The van der Waals surface area contributed by atoms with Crippen LogP contribution in [0.25, 0.3) is 5.57 Å². The Hall–Kier alpha value is -2.86. The number of hydrogen-bond acceptors (Lipinski definition) is 3. The molecule has 3 heteroatoms. The lowest BCUT2D eigenvalue weighted by Crippen LogP contribution is -2.03. The number of cyclic esters (lactones) is 1. The Labute approximate surface area is 116 Å². The largest absolute Gasteiger partial charge is 0.448 e. The van der Waals surface area contributed by atoms with E-state index in [1.165, 1.54) is 0 Å². The summed E-state index contributed by atoms with van der Waals surface area (Å²) in [5.41, 5.74) is 2.43. The Morgan fingerprint density at radius 3 is 2.15 bits per heavy atom. The second-order valence-electron chi connectivity index (χ2n) is 4.46. The normalized spacial score (nSPS) is 17.8. The summed E-state index contributed by atoms with van der Waals surface area (Å²) >= 11 is 0. The van der Waals surface area contributed by atoms with Crippen LogP contribution in [-0.2, 0) is 9.53 Å². The van der Waals surface area contributed by atoms with Crippen LogP contribution in [-0.4, -0.2) is 5.97 Å². The van der Waals surface area contributed by atoms with E-state index in [2.05, 4.69) is 0 Å². The topological polar surface area (TPSA) is 50.1 Å². The van der Waals surface area contributed by atoms with E-state index in [-0.39, 0.29) is 5.57 Å². The maximum absolute atomic E-state index is 11.9. The van der Waals surface area contributed by atoms with Crippen LogP contribution >= 0.6 is 0 Å². The number of esters is 1. The first kappa shape index (κ1) is 12.2. The van der Waals surface area contributed by atoms with Crippen molar-refractivity contribution in [3.8, 4) is 6.07 Å². The molecule has 0 amide bonds. The first-order valence-corrected chi connectivity index (χ1v) is 6.27. The van der Waals surface area contributed by atoms with Gasteiger partial charge in [0, 0.05) is 5.57 Å². The Morgan fingerprint density at radius 1 is 0.950 bits per heavy atom. The molecular weight excluding hydrogens is 250 g/mol. The van der Waals surface area contributed by atoms with Gasteiger partial charge in [-0.25, -0.2) is 4.79 Å². The molecule has 1 heterocycles. The third-order valence-electron chi connectivity index (χ3n) is 3.26. The van der Waals surface area contributed by atoms with Crippen molar-refractivity contribution in [1.82, 2.24) is 0 Å². The molecule has 96 valence electrons. The maximum atomic E-state index is 11.9. The monoisotopic (exact) mass is 261 g/mol. The Balaban J connectivity index is 2.16. The Kier molecular flexibility index (Phi) is 3.06. The summed E-state index contributed by atoms with van der Waals surface area (Å²) in [7, 11) is 0. The van der Waals surface area contributed by atoms with Crippen LogP contribution in [0.5, 0.6) is 0 Å². The fourth-order valence-corrected chi connectivity index (χ4v) is 2.35. The average Bonchev–Trinajstić information content (AvgIpc) is 2.85. The van der Waals surface area contributed by atoms with Gasteiger partial charge in [0.15, 0.2) is 6.10 Å². The number of carbonyl (C=O) groups is 1. The van der Waals surface area contributed by atoms with Crippen molar-refractivity contribution < 1.29 is 9.53 Å². The number of nitrogens with zero attached hydrogens (tertiary/aromatic N) is 1. The van der Waals surface area contributed by atoms with Gasteiger partial charge in [-0.15, -0.1) is 0 Å². The molecule has 0 N–H and O–H groups in total. The summed E-state index contributed by atoms with van der Waals surface area (Å²) < 4.78 is 5.38. The third-order valence-corrected chi connectivity index (χ3v) is 3.26. The lowest BCUT2D eigenvalue weighted by Gasteiger charge is -2.14. The highest BCUT2D eigenvalue weighted by atomic mass is 16.5. The molecule has 0 fully saturated rings. The van der Waals surface area contributed by atoms with Crippen molar-refractivity contribution in [1.29, 1.82) is 5.26 Å². The number of nitriles is 1. The number of carbonyl (C=O) groups excluding carboxylic acids is 1. The van der Waals surface area contributed by atoms with Crippen molar-refractivity contribution in [2.24, 2.45) is 0 Å². The molecule has 0 radical (unpaired) electrons. The highest BCUT2D eigenvalue weighted by Crippen LogP contribution is 2.41. The molecule has 2 aromatic carbocycles. The SMILES string of the molecule is N#CC1=C(c2ccccc2)[C@H](c2ccccc2)OC1=O. The van der Waals surface area contributed by atoms with Gasteiger partial charge in [-0.2, -0.15) is 5.26 Å². The molecule has 0 spiro atoms. The van der Waals surface area contributed by atoms with Crippen LogP contribution in [0.2, 0.25) is 0 Å². The molecular formula is C17H11NO2. The molecule has 0 aliphatic carbocycles. The van der Waals surface area contributed by atoms with Gasteiger partial charge in [0.05, 0.1) is 0 Å². The van der Waals surface area contributed by atoms with Gasteiger partial charge in [-0.05, 0) is 11.1 Å². The van der Waals surface area contributed by atoms with Crippen molar-refractivity contribution >= 4 is 11.5 Å². The first-order valence-electron chi connectivity index (χ1n) is 6.27. The summed E-state index contributed by atoms with van der Waals surface area (Å²) in [6.07, 6.45) is -0.513.